The molecule has 2 aliphatic heterocycles. The van der Waals surface area contributed by atoms with Gasteiger partial charge < -0.3 is 10.2 Å². The predicted octanol–water partition coefficient (Wildman–Crippen LogP) is 2.82. The van der Waals surface area contributed by atoms with E-state index in [1.165, 1.54) is 12.8 Å². The summed E-state index contributed by atoms with van der Waals surface area (Å²) in [6.07, 6.45) is 6.29. The first kappa shape index (κ1) is 19.7. The Balaban J connectivity index is 1.27. The number of halogens is 1. The lowest BCUT2D eigenvalue weighted by Gasteiger charge is -2.34. The first-order chi connectivity index (χ1) is 13.6. The largest absolute Gasteiger partial charge is 0.355 e. The highest BCUT2D eigenvalue weighted by atomic mass is 35.5. The standard InChI is InChI=1S/C22H30ClN3O2/c23-19-7-5-18(6-8-19)22(9-10-22)21(28)24-14-17-4-3-13-26(15-17)20(27)16-25-11-1-2-12-25/h5-8,17H,1-4,9-16H2,(H,24,28). The van der Waals surface area contributed by atoms with Crippen LogP contribution in [0, 0.1) is 5.92 Å². The zero-order valence-corrected chi connectivity index (χ0v) is 17.2. The lowest BCUT2D eigenvalue weighted by Crippen LogP contribution is -2.47. The Morgan fingerprint density at radius 1 is 1.07 bits per heavy atom. The van der Waals surface area contributed by atoms with Gasteiger partial charge in [-0.2, -0.15) is 0 Å². The van der Waals surface area contributed by atoms with Gasteiger partial charge in [-0.3, -0.25) is 14.5 Å². The van der Waals surface area contributed by atoms with Crippen molar-refractivity contribution in [2.75, 3.05) is 39.3 Å². The minimum atomic E-state index is -0.371. The number of likely N-dealkylation sites (tertiary alicyclic amines) is 2. The molecule has 1 N–H and O–H groups in total. The first-order valence-electron chi connectivity index (χ1n) is 10.6. The maximum absolute atomic E-state index is 12.9. The molecule has 1 saturated carbocycles. The number of benzene rings is 1. The van der Waals surface area contributed by atoms with Crippen LogP contribution in [0.3, 0.4) is 0 Å². The molecule has 4 rings (SSSR count). The van der Waals surface area contributed by atoms with E-state index in [4.69, 9.17) is 11.6 Å². The maximum atomic E-state index is 12.9. The smallest absolute Gasteiger partial charge is 0.236 e. The fourth-order valence-corrected chi connectivity index (χ4v) is 4.76. The van der Waals surface area contributed by atoms with Crippen LogP contribution in [0.2, 0.25) is 5.02 Å². The van der Waals surface area contributed by atoms with Crippen molar-refractivity contribution < 1.29 is 9.59 Å². The van der Waals surface area contributed by atoms with Crippen molar-refractivity contribution in [3.63, 3.8) is 0 Å². The molecule has 1 atom stereocenters. The van der Waals surface area contributed by atoms with Gasteiger partial charge in [0.1, 0.15) is 0 Å². The summed E-state index contributed by atoms with van der Waals surface area (Å²) in [5.41, 5.74) is 0.685. The van der Waals surface area contributed by atoms with Crippen molar-refractivity contribution >= 4 is 23.4 Å². The van der Waals surface area contributed by atoms with Crippen molar-refractivity contribution in [2.45, 2.75) is 43.9 Å². The van der Waals surface area contributed by atoms with Crippen LogP contribution in [0.15, 0.2) is 24.3 Å². The number of carbonyl (C=O) groups is 2. The Morgan fingerprint density at radius 3 is 2.46 bits per heavy atom. The average molecular weight is 404 g/mol. The van der Waals surface area contributed by atoms with Crippen molar-refractivity contribution in [1.82, 2.24) is 15.1 Å². The number of nitrogens with zero attached hydrogens (tertiary/aromatic N) is 2. The van der Waals surface area contributed by atoms with E-state index in [9.17, 15) is 9.59 Å². The second-order valence-corrected chi connectivity index (χ2v) is 9.07. The molecule has 1 aromatic rings. The van der Waals surface area contributed by atoms with Gasteiger partial charge in [0.25, 0.3) is 0 Å². The van der Waals surface area contributed by atoms with Crippen LogP contribution >= 0.6 is 11.6 Å². The molecule has 2 saturated heterocycles. The zero-order chi connectivity index (χ0) is 19.6. The number of rotatable bonds is 6. The second kappa shape index (κ2) is 8.42. The van der Waals surface area contributed by atoms with Crippen LogP contribution in [0.25, 0.3) is 0 Å². The SMILES string of the molecule is O=C(CN1CCCC1)N1CCCC(CNC(=O)C2(c3ccc(Cl)cc3)CC2)C1. The van der Waals surface area contributed by atoms with Crippen molar-refractivity contribution in [3.8, 4) is 0 Å². The van der Waals surface area contributed by atoms with Gasteiger partial charge in [-0.25, -0.2) is 0 Å². The molecular formula is C22H30ClN3O2. The maximum Gasteiger partial charge on any atom is 0.236 e. The molecular weight excluding hydrogens is 374 g/mol. The van der Waals surface area contributed by atoms with E-state index in [-0.39, 0.29) is 17.2 Å². The number of carbonyl (C=O) groups excluding carboxylic acids is 2. The van der Waals surface area contributed by atoms with E-state index < -0.39 is 0 Å². The molecule has 3 aliphatic rings. The lowest BCUT2D eigenvalue weighted by atomic mass is 9.93. The van der Waals surface area contributed by atoms with E-state index >= 15 is 0 Å². The normalized spacial score (nSPS) is 24.2. The molecule has 0 radical (unpaired) electrons. The van der Waals surface area contributed by atoms with Crippen molar-refractivity contribution in [2.24, 2.45) is 5.92 Å². The van der Waals surface area contributed by atoms with Crippen LogP contribution in [0.1, 0.15) is 44.1 Å². The van der Waals surface area contributed by atoms with Crippen molar-refractivity contribution in [3.05, 3.63) is 34.9 Å². The molecule has 3 fully saturated rings. The quantitative estimate of drug-likeness (QED) is 0.794. The first-order valence-corrected chi connectivity index (χ1v) is 11.0. The fraction of sp³-hybridized carbons (Fsp3) is 0.636. The van der Waals surface area contributed by atoms with E-state index in [0.29, 0.717) is 24.0 Å². The van der Waals surface area contributed by atoms with Gasteiger partial charge in [0, 0.05) is 24.7 Å². The molecule has 28 heavy (non-hydrogen) atoms. The highest BCUT2D eigenvalue weighted by Crippen LogP contribution is 2.48. The number of hydrogen-bond acceptors (Lipinski definition) is 3. The van der Waals surface area contributed by atoms with Gasteiger partial charge in [0.05, 0.1) is 12.0 Å². The topological polar surface area (TPSA) is 52.7 Å². The Labute approximate surface area is 172 Å². The summed E-state index contributed by atoms with van der Waals surface area (Å²) in [4.78, 5) is 29.7. The minimum Gasteiger partial charge on any atom is -0.355 e. The van der Waals surface area contributed by atoms with E-state index in [1.807, 2.05) is 29.2 Å². The summed E-state index contributed by atoms with van der Waals surface area (Å²) in [7, 11) is 0. The number of piperidine rings is 1. The molecule has 2 heterocycles. The van der Waals surface area contributed by atoms with Gasteiger partial charge in [0.2, 0.25) is 11.8 Å². The van der Waals surface area contributed by atoms with Crippen LogP contribution in [-0.4, -0.2) is 60.9 Å². The summed E-state index contributed by atoms with van der Waals surface area (Å²) in [5.74, 6) is 0.717. The third kappa shape index (κ3) is 4.36. The second-order valence-electron chi connectivity index (χ2n) is 8.63. The Morgan fingerprint density at radius 2 is 1.79 bits per heavy atom. The van der Waals surface area contributed by atoms with Gasteiger partial charge in [-0.15, -0.1) is 0 Å². The molecule has 152 valence electrons. The molecule has 5 nitrogen and oxygen atoms in total. The predicted molar refractivity (Wildman–Crippen MR) is 110 cm³/mol. The molecule has 1 unspecified atom stereocenters. The van der Waals surface area contributed by atoms with Gasteiger partial charge in [0.15, 0.2) is 0 Å². The highest BCUT2D eigenvalue weighted by molar-refractivity contribution is 6.30. The molecule has 6 heteroatoms. The number of amides is 2. The van der Waals surface area contributed by atoms with Crippen LogP contribution in [0.5, 0.6) is 0 Å². The molecule has 1 aliphatic carbocycles. The molecule has 2 amide bonds. The summed E-state index contributed by atoms with van der Waals surface area (Å²) in [6, 6.07) is 7.65. The molecule has 0 spiro atoms. The van der Waals surface area contributed by atoms with Crippen LogP contribution in [-0.2, 0) is 15.0 Å². The Bertz CT molecular complexity index is 711. The van der Waals surface area contributed by atoms with Gasteiger partial charge >= 0.3 is 0 Å². The van der Waals surface area contributed by atoms with Crippen LogP contribution in [0.4, 0.5) is 0 Å². The average Bonchev–Trinajstić information content (AvgIpc) is 3.37. The third-order valence-corrected chi connectivity index (χ3v) is 6.81. The van der Waals surface area contributed by atoms with Crippen LogP contribution < -0.4 is 5.32 Å². The van der Waals surface area contributed by atoms with E-state index in [2.05, 4.69) is 10.2 Å². The summed E-state index contributed by atoms with van der Waals surface area (Å²) in [5, 5.41) is 3.88. The van der Waals surface area contributed by atoms with Gasteiger partial charge in [-0.1, -0.05) is 23.7 Å². The van der Waals surface area contributed by atoms with Gasteiger partial charge in [-0.05, 0) is 75.2 Å². The van der Waals surface area contributed by atoms with E-state index in [1.54, 1.807) is 0 Å². The van der Waals surface area contributed by atoms with Crippen molar-refractivity contribution in [1.29, 1.82) is 0 Å². The Kier molecular flexibility index (Phi) is 5.93. The minimum absolute atomic E-state index is 0.121. The van der Waals surface area contributed by atoms with E-state index in [0.717, 1.165) is 57.4 Å². The summed E-state index contributed by atoms with van der Waals surface area (Å²) < 4.78 is 0. The number of hydrogen-bond donors (Lipinski definition) is 1. The highest BCUT2D eigenvalue weighted by Gasteiger charge is 2.51. The summed E-state index contributed by atoms with van der Waals surface area (Å²) >= 11 is 5.98. The third-order valence-electron chi connectivity index (χ3n) is 6.56. The zero-order valence-electron chi connectivity index (χ0n) is 16.5. The molecule has 1 aromatic carbocycles. The molecule has 0 bridgehead atoms. The summed E-state index contributed by atoms with van der Waals surface area (Å²) in [6.45, 7) is 4.92. The Hall–Kier alpha value is -1.59. The monoisotopic (exact) mass is 403 g/mol. The molecule has 0 aromatic heterocycles. The lowest BCUT2D eigenvalue weighted by molar-refractivity contribution is -0.134. The fourth-order valence-electron chi connectivity index (χ4n) is 4.64. The number of nitrogens with one attached hydrogen (secondary N) is 1.